The predicted molar refractivity (Wildman–Crippen MR) is 102 cm³/mol. The van der Waals surface area contributed by atoms with Crippen molar-refractivity contribution in [3.63, 3.8) is 0 Å². The third kappa shape index (κ3) is 3.99. The first kappa shape index (κ1) is 19.4. The van der Waals surface area contributed by atoms with E-state index in [0.29, 0.717) is 24.6 Å². The van der Waals surface area contributed by atoms with Crippen LogP contribution in [0.3, 0.4) is 0 Å². The van der Waals surface area contributed by atoms with Crippen LogP contribution in [0.4, 0.5) is 8.78 Å². The minimum Gasteiger partial charge on any atom is -0.380 e. The molecule has 27 heavy (non-hydrogen) atoms. The van der Waals surface area contributed by atoms with Gasteiger partial charge in [0.2, 0.25) is 0 Å². The van der Waals surface area contributed by atoms with Gasteiger partial charge in [-0.2, -0.15) is 4.99 Å². The second-order valence-electron chi connectivity index (χ2n) is 6.15. The van der Waals surface area contributed by atoms with Crippen molar-refractivity contribution in [3.05, 3.63) is 63.5 Å². The van der Waals surface area contributed by atoms with E-state index < -0.39 is 23.1 Å². The molecule has 0 fully saturated rings. The van der Waals surface area contributed by atoms with Crippen LogP contribution >= 0.6 is 11.3 Å². The molecule has 3 aromatic rings. The lowest BCUT2D eigenvalue weighted by Crippen LogP contribution is -2.20. The van der Waals surface area contributed by atoms with E-state index in [1.54, 1.807) is 0 Å². The first-order valence-electron chi connectivity index (χ1n) is 8.63. The van der Waals surface area contributed by atoms with E-state index in [1.165, 1.54) is 17.4 Å². The van der Waals surface area contributed by atoms with Crippen LogP contribution < -0.4 is 4.80 Å². The van der Waals surface area contributed by atoms with Crippen molar-refractivity contribution in [1.29, 1.82) is 0 Å². The lowest BCUT2D eigenvalue weighted by atomic mass is 10.1. The summed E-state index contributed by atoms with van der Waals surface area (Å²) in [5, 5.41) is 0. The average Bonchev–Trinajstić information content (AvgIpc) is 2.92. The van der Waals surface area contributed by atoms with Crippen molar-refractivity contribution < 1.29 is 18.3 Å². The summed E-state index contributed by atoms with van der Waals surface area (Å²) in [6.07, 6.45) is 0. The molecule has 0 aliphatic heterocycles. The number of carbonyl (C=O) groups is 1. The molecule has 0 spiro atoms. The molecule has 0 saturated carbocycles. The molecule has 2 aromatic carbocycles. The highest BCUT2D eigenvalue weighted by molar-refractivity contribution is 7.16. The standard InChI is InChI=1S/C20H20F2N2O2S/c1-4-26-9-8-24-16-10-12(2)13(3)11-17(16)27-20(24)23-19(25)18-14(21)6-5-7-15(18)22/h5-7,10-11H,4,8-9H2,1-3H3. The van der Waals surface area contributed by atoms with Crippen molar-refractivity contribution in [2.75, 3.05) is 13.2 Å². The normalized spacial score (nSPS) is 12.1. The van der Waals surface area contributed by atoms with E-state index >= 15 is 0 Å². The van der Waals surface area contributed by atoms with Crippen LogP contribution in [0.25, 0.3) is 10.2 Å². The van der Waals surface area contributed by atoms with Crippen LogP contribution in [0, 0.1) is 25.5 Å². The molecule has 4 nitrogen and oxygen atoms in total. The number of aromatic nitrogens is 1. The van der Waals surface area contributed by atoms with Crippen molar-refractivity contribution in [1.82, 2.24) is 4.57 Å². The number of aryl methyl sites for hydroxylation is 2. The SMILES string of the molecule is CCOCCn1c(=NC(=O)c2c(F)cccc2F)sc2cc(C)c(C)cc21. The maximum Gasteiger partial charge on any atom is 0.285 e. The fourth-order valence-corrected chi connectivity index (χ4v) is 3.90. The minimum atomic E-state index is -0.934. The van der Waals surface area contributed by atoms with Crippen molar-refractivity contribution in [2.24, 2.45) is 4.99 Å². The van der Waals surface area contributed by atoms with Gasteiger partial charge in [0, 0.05) is 13.2 Å². The number of hydrogen-bond donors (Lipinski definition) is 0. The molecule has 0 N–H and O–H groups in total. The molecular formula is C20H20F2N2O2S. The topological polar surface area (TPSA) is 43.6 Å². The number of hydrogen-bond acceptors (Lipinski definition) is 3. The first-order chi connectivity index (χ1) is 12.9. The third-order valence-electron chi connectivity index (χ3n) is 4.34. The van der Waals surface area contributed by atoms with Gasteiger partial charge in [0.1, 0.15) is 17.2 Å². The van der Waals surface area contributed by atoms with Gasteiger partial charge in [0.25, 0.3) is 5.91 Å². The Morgan fingerprint density at radius 1 is 1.19 bits per heavy atom. The first-order valence-corrected chi connectivity index (χ1v) is 9.45. The Morgan fingerprint density at radius 3 is 2.52 bits per heavy atom. The number of halogens is 2. The van der Waals surface area contributed by atoms with Gasteiger partial charge >= 0.3 is 0 Å². The Kier molecular flexibility index (Phi) is 5.82. The van der Waals surface area contributed by atoms with Gasteiger partial charge in [-0.1, -0.05) is 17.4 Å². The third-order valence-corrected chi connectivity index (χ3v) is 5.38. The van der Waals surface area contributed by atoms with Crippen LogP contribution in [0.5, 0.6) is 0 Å². The van der Waals surface area contributed by atoms with Gasteiger partial charge < -0.3 is 9.30 Å². The largest absolute Gasteiger partial charge is 0.380 e. The number of ether oxygens (including phenoxy) is 1. The second kappa shape index (κ2) is 8.10. The lowest BCUT2D eigenvalue weighted by Gasteiger charge is -2.07. The highest BCUT2D eigenvalue weighted by atomic mass is 32.1. The molecule has 0 saturated heterocycles. The average molecular weight is 390 g/mol. The van der Waals surface area contributed by atoms with E-state index in [-0.39, 0.29) is 0 Å². The summed E-state index contributed by atoms with van der Waals surface area (Å²) in [6, 6.07) is 7.37. The maximum absolute atomic E-state index is 13.9. The number of rotatable bonds is 5. The molecule has 1 aromatic heterocycles. The van der Waals surface area contributed by atoms with Crippen molar-refractivity contribution >= 4 is 27.5 Å². The van der Waals surface area contributed by atoms with Crippen molar-refractivity contribution in [2.45, 2.75) is 27.3 Å². The zero-order chi connectivity index (χ0) is 19.6. The minimum absolute atomic E-state index is 0.391. The summed E-state index contributed by atoms with van der Waals surface area (Å²) in [6.45, 7) is 7.44. The number of nitrogens with zero attached hydrogens (tertiary/aromatic N) is 2. The molecule has 0 aliphatic carbocycles. The van der Waals surface area contributed by atoms with Crippen molar-refractivity contribution in [3.8, 4) is 0 Å². The lowest BCUT2D eigenvalue weighted by molar-refractivity contribution is 0.0988. The highest BCUT2D eigenvalue weighted by Gasteiger charge is 2.17. The Hall–Kier alpha value is -2.38. The van der Waals surface area contributed by atoms with Crippen LogP contribution in [0.2, 0.25) is 0 Å². The highest BCUT2D eigenvalue weighted by Crippen LogP contribution is 2.22. The molecule has 3 rings (SSSR count). The molecule has 1 amide bonds. The Labute approximate surface area is 159 Å². The van der Waals surface area contributed by atoms with Gasteiger partial charge in [0.15, 0.2) is 4.80 Å². The zero-order valence-electron chi connectivity index (χ0n) is 15.4. The van der Waals surface area contributed by atoms with E-state index in [0.717, 1.165) is 33.5 Å². The monoisotopic (exact) mass is 390 g/mol. The van der Waals surface area contributed by atoms with E-state index in [9.17, 15) is 13.6 Å². The van der Waals surface area contributed by atoms with Crippen LogP contribution in [-0.4, -0.2) is 23.7 Å². The molecule has 0 unspecified atom stereocenters. The fraction of sp³-hybridized carbons (Fsp3) is 0.300. The Balaban J connectivity index is 2.15. The molecule has 142 valence electrons. The van der Waals surface area contributed by atoms with Gasteiger partial charge in [0.05, 0.1) is 16.8 Å². The summed E-state index contributed by atoms with van der Waals surface area (Å²) in [5.74, 6) is -2.77. The van der Waals surface area contributed by atoms with Gasteiger partial charge in [-0.3, -0.25) is 4.79 Å². The molecule has 1 heterocycles. The van der Waals surface area contributed by atoms with Gasteiger partial charge in [-0.05, 0) is 56.2 Å². The van der Waals surface area contributed by atoms with Crippen LogP contribution in [0.15, 0.2) is 35.3 Å². The fourth-order valence-electron chi connectivity index (χ4n) is 2.77. The molecule has 7 heteroatoms. The molecule has 0 atom stereocenters. The number of thiazole rings is 1. The summed E-state index contributed by atoms with van der Waals surface area (Å²) in [5.41, 5.74) is 2.52. The van der Waals surface area contributed by atoms with Gasteiger partial charge in [-0.15, -0.1) is 0 Å². The Bertz CT molecular complexity index is 1050. The Morgan fingerprint density at radius 2 is 1.85 bits per heavy atom. The van der Waals surface area contributed by atoms with Gasteiger partial charge in [-0.25, -0.2) is 8.78 Å². The number of benzene rings is 2. The van der Waals surface area contributed by atoms with Crippen LogP contribution in [0.1, 0.15) is 28.4 Å². The van der Waals surface area contributed by atoms with E-state index in [2.05, 4.69) is 4.99 Å². The number of carbonyl (C=O) groups excluding carboxylic acids is 1. The van der Waals surface area contributed by atoms with E-state index in [1.807, 2.05) is 37.5 Å². The second-order valence-corrected chi connectivity index (χ2v) is 7.16. The summed E-state index contributed by atoms with van der Waals surface area (Å²) < 4.78 is 36.1. The molecular weight excluding hydrogens is 370 g/mol. The van der Waals surface area contributed by atoms with E-state index in [4.69, 9.17) is 4.74 Å². The summed E-state index contributed by atoms with van der Waals surface area (Å²) >= 11 is 1.31. The smallest absolute Gasteiger partial charge is 0.285 e. The zero-order valence-corrected chi connectivity index (χ0v) is 16.2. The van der Waals surface area contributed by atoms with Crippen LogP contribution in [-0.2, 0) is 11.3 Å². The predicted octanol–water partition coefficient (Wildman–Crippen LogP) is 4.38. The molecule has 0 aliphatic rings. The quantitative estimate of drug-likeness (QED) is 0.607. The summed E-state index contributed by atoms with van der Waals surface area (Å²) in [7, 11) is 0. The molecule has 0 bridgehead atoms. The number of amides is 1. The summed E-state index contributed by atoms with van der Waals surface area (Å²) in [4.78, 5) is 16.9. The maximum atomic E-state index is 13.9. The number of fused-ring (bicyclic) bond motifs is 1. The molecule has 0 radical (unpaired) electrons.